The number of ether oxygens (including phenoxy) is 1. The average molecular weight is 275 g/mol. The zero-order valence-electron chi connectivity index (χ0n) is 9.62. The summed E-state index contributed by atoms with van der Waals surface area (Å²) >= 11 is 10.9. The first-order valence-electron chi connectivity index (χ1n) is 5.72. The Bertz CT molecular complexity index is 336. The van der Waals surface area contributed by atoms with Gasteiger partial charge in [0.1, 0.15) is 5.75 Å². The Morgan fingerprint density at radius 3 is 2.29 bits per heavy atom. The van der Waals surface area contributed by atoms with Crippen molar-refractivity contribution in [2.75, 3.05) is 12.5 Å². The van der Waals surface area contributed by atoms with Crippen molar-refractivity contribution in [2.45, 2.75) is 25.7 Å². The fourth-order valence-corrected chi connectivity index (χ4v) is 1.74. The van der Waals surface area contributed by atoms with E-state index in [9.17, 15) is 4.79 Å². The SMILES string of the molecule is O=C(Cl)c1ccc(OCCCCCCCl)cc1. The maximum atomic E-state index is 10.8. The second kappa shape index (κ2) is 8.37. The van der Waals surface area contributed by atoms with Gasteiger partial charge in [-0.15, -0.1) is 11.6 Å². The highest BCUT2D eigenvalue weighted by atomic mass is 35.5. The first kappa shape index (κ1) is 14.3. The predicted molar refractivity (Wildman–Crippen MR) is 71.3 cm³/mol. The molecule has 1 aromatic carbocycles. The zero-order valence-corrected chi connectivity index (χ0v) is 11.1. The third-order valence-electron chi connectivity index (χ3n) is 2.38. The van der Waals surface area contributed by atoms with Crippen molar-refractivity contribution in [3.8, 4) is 5.75 Å². The minimum absolute atomic E-state index is 0.447. The zero-order chi connectivity index (χ0) is 12.5. The molecule has 0 radical (unpaired) electrons. The minimum Gasteiger partial charge on any atom is -0.494 e. The van der Waals surface area contributed by atoms with Crippen LogP contribution >= 0.6 is 23.2 Å². The van der Waals surface area contributed by atoms with Crippen LogP contribution in [0.4, 0.5) is 0 Å². The summed E-state index contributed by atoms with van der Waals surface area (Å²) < 4.78 is 5.53. The topological polar surface area (TPSA) is 26.3 Å². The molecule has 0 N–H and O–H groups in total. The molecule has 1 rings (SSSR count). The Kier molecular flexibility index (Phi) is 7.06. The van der Waals surface area contributed by atoms with Crippen molar-refractivity contribution in [1.82, 2.24) is 0 Å². The number of rotatable bonds is 8. The van der Waals surface area contributed by atoms with Gasteiger partial charge in [0.2, 0.25) is 0 Å². The Balaban J connectivity index is 2.21. The Hall–Kier alpha value is -0.730. The molecule has 0 heterocycles. The minimum atomic E-state index is -0.447. The molecule has 17 heavy (non-hydrogen) atoms. The number of benzene rings is 1. The standard InChI is InChI=1S/C13H16Cl2O2/c14-9-3-1-2-4-10-17-12-7-5-11(6-8-12)13(15)16/h5-8H,1-4,9-10H2. The van der Waals surface area contributed by atoms with Crippen LogP contribution in [0.2, 0.25) is 0 Å². The summed E-state index contributed by atoms with van der Waals surface area (Å²) in [6.45, 7) is 0.691. The van der Waals surface area contributed by atoms with E-state index in [1.807, 2.05) is 0 Å². The van der Waals surface area contributed by atoms with Crippen LogP contribution in [0.3, 0.4) is 0 Å². The van der Waals surface area contributed by atoms with Crippen LogP contribution in [0, 0.1) is 0 Å². The van der Waals surface area contributed by atoms with E-state index < -0.39 is 5.24 Å². The van der Waals surface area contributed by atoms with Crippen LogP contribution in [-0.2, 0) is 0 Å². The first-order chi connectivity index (χ1) is 8.24. The smallest absolute Gasteiger partial charge is 0.252 e. The molecule has 0 saturated heterocycles. The maximum Gasteiger partial charge on any atom is 0.252 e. The molecule has 0 bridgehead atoms. The number of carbonyl (C=O) groups excluding carboxylic acids is 1. The van der Waals surface area contributed by atoms with Gasteiger partial charge in [-0.05, 0) is 48.7 Å². The van der Waals surface area contributed by atoms with Gasteiger partial charge >= 0.3 is 0 Å². The molecule has 0 spiro atoms. The van der Waals surface area contributed by atoms with E-state index in [0.717, 1.165) is 37.3 Å². The largest absolute Gasteiger partial charge is 0.494 e. The second-order valence-electron chi connectivity index (χ2n) is 3.75. The van der Waals surface area contributed by atoms with E-state index in [2.05, 4.69) is 0 Å². The lowest BCUT2D eigenvalue weighted by molar-refractivity contribution is 0.108. The van der Waals surface area contributed by atoms with Crippen molar-refractivity contribution >= 4 is 28.4 Å². The molecule has 0 saturated carbocycles. The molecule has 0 aliphatic rings. The number of halogens is 2. The number of hydrogen-bond donors (Lipinski definition) is 0. The summed E-state index contributed by atoms with van der Waals surface area (Å²) in [5, 5.41) is -0.447. The van der Waals surface area contributed by atoms with Gasteiger partial charge in [0.25, 0.3) is 5.24 Å². The van der Waals surface area contributed by atoms with Crippen molar-refractivity contribution < 1.29 is 9.53 Å². The highest BCUT2D eigenvalue weighted by Crippen LogP contribution is 2.14. The molecule has 0 fully saturated rings. The van der Waals surface area contributed by atoms with Crippen LogP contribution in [-0.4, -0.2) is 17.7 Å². The predicted octanol–water partition coefficient (Wildman–Crippen LogP) is 4.24. The highest BCUT2D eigenvalue weighted by molar-refractivity contribution is 6.67. The molecule has 0 atom stereocenters. The fraction of sp³-hybridized carbons (Fsp3) is 0.462. The molecule has 0 aromatic heterocycles. The fourth-order valence-electron chi connectivity index (χ4n) is 1.42. The Labute approximate surface area is 112 Å². The van der Waals surface area contributed by atoms with Gasteiger partial charge in [-0.2, -0.15) is 0 Å². The van der Waals surface area contributed by atoms with E-state index in [-0.39, 0.29) is 0 Å². The summed E-state index contributed by atoms with van der Waals surface area (Å²) in [5.74, 6) is 1.50. The molecule has 0 unspecified atom stereocenters. The van der Waals surface area contributed by atoms with E-state index in [4.69, 9.17) is 27.9 Å². The summed E-state index contributed by atoms with van der Waals surface area (Å²) in [6.07, 6.45) is 4.36. The van der Waals surface area contributed by atoms with Gasteiger partial charge in [0.05, 0.1) is 6.61 Å². The van der Waals surface area contributed by atoms with Gasteiger partial charge in [-0.1, -0.05) is 12.8 Å². The molecule has 0 amide bonds. The number of alkyl halides is 1. The Morgan fingerprint density at radius 2 is 1.71 bits per heavy atom. The van der Waals surface area contributed by atoms with E-state index in [0.29, 0.717) is 12.2 Å². The molecule has 0 aliphatic carbocycles. The van der Waals surface area contributed by atoms with Crippen molar-refractivity contribution in [1.29, 1.82) is 0 Å². The number of carbonyl (C=O) groups is 1. The van der Waals surface area contributed by atoms with Gasteiger partial charge in [-0.3, -0.25) is 4.79 Å². The summed E-state index contributed by atoms with van der Waals surface area (Å²) in [5.41, 5.74) is 0.487. The normalized spacial score (nSPS) is 10.2. The molecule has 4 heteroatoms. The lowest BCUT2D eigenvalue weighted by atomic mass is 10.2. The van der Waals surface area contributed by atoms with Gasteiger partial charge in [0.15, 0.2) is 0 Å². The van der Waals surface area contributed by atoms with Crippen LogP contribution in [0.15, 0.2) is 24.3 Å². The molecular formula is C13H16Cl2O2. The van der Waals surface area contributed by atoms with E-state index >= 15 is 0 Å². The van der Waals surface area contributed by atoms with Crippen LogP contribution in [0.5, 0.6) is 5.75 Å². The lowest BCUT2D eigenvalue weighted by Crippen LogP contribution is -1.98. The van der Waals surface area contributed by atoms with Gasteiger partial charge in [-0.25, -0.2) is 0 Å². The Morgan fingerprint density at radius 1 is 1.06 bits per heavy atom. The molecular weight excluding hydrogens is 259 g/mol. The molecule has 94 valence electrons. The summed E-state index contributed by atoms with van der Waals surface area (Å²) in [4.78, 5) is 10.8. The van der Waals surface area contributed by atoms with Crippen molar-refractivity contribution in [2.24, 2.45) is 0 Å². The third kappa shape index (κ3) is 5.94. The van der Waals surface area contributed by atoms with E-state index in [1.54, 1.807) is 24.3 Å². The summed E-state index contributed by atoms with van der Waals surface area (Å²) in [7, 11) is 0. The number of hydrogen-bond acceptors (Lipinski definition) is 2. The van der Waals surface area contributed by atoms with Gasteiger partial charge in [0, 0.05) is 11.4 Å². The van der Waals surface area contributed by atoms with Crippen molar-refractivity contribution in [3.63, 3.8) is 0 Å². The quantitative estimate of drug-likeness (QED) is 0.403. The highest BCUT2D eigenvalue weighted by Gasteiger charge is 2.01. The van der Waals surface area contributed by atoms with Crippen LogP contribution in [0.1, 0.15) is 36.0 Å². The number of unbranched alkanes of at least 4 members (excludes halogenated alkanes) is 3. The lowest BCUT2D eigenvalue weighted by Gasteiger charge is -2.06. The average Bonchev–Trinajstić information content (AvgIpc) is 2.34. The van der Waals surface area contributed by atoms with Crippen LogP contribution in [0.25, 0.3) is 0 Å². The van der Waals surface area contributed by atoms with E-state index in [1.165, 1.54) is 0 Å². The first-order valence-corrected chi connectivity index (χ1v) is 6.64. The van der Waals surface area contributed by atoms with Crippen LogP contribution < -0.4 is 4.74 Å². The molecule has 0 aliphatic heterocycles. The molecule has 1 aromatic rings. The summed E-state index contributed by atoms with van der Waals surface area (Å²) in [6, 6.07) is 6.85. The molecule has 2 nitrogen and oxygen atoms in total. The maximum absolute atomic E-state index is 10.8. The third-order valence-corrected chi connectivity index (χ3v) is 2.86. The second-order valence-corrected chi connectivity index (χ2v) is 4.47. The van der Waals surface area contributed by atoms with Gasteiger partial charge < -0.3 is 4.74 Å². The van der Waals surface area contributed by atoms with Crippen molar-refractivity contribution in [3.05, 3.63) is 29.8 Å². The monoisotopic (exact) mass is 274 g/mol.